The first kappa shape index (κ1) is 20.0. The van der Waals surface area contributed by atoms with Crippen molar-refractivity contribution in [2.24, 2.45) is 0 Å². The van der Waals surface area contributed by atoms with Crippen LogP contribution in [0.2, 0.25) is 0 Å². The number of hydrogen-bond donors (Lipinski definition) is 0. The molecule has 4 nitrogen and oxygen atoms in total. The Morgan fingerprint density at radius 2 is 1.60 bits per heavy atom. The normalized spacial score (nSPS) is 11.0. The molecule has 1 heterocycles. The lowest BCUT2D eigenvalue weighted by atomic mass is 10.1. The third-order valence-electron chi connectivity index (χ3n) is 5.50. The van der Waals surface area contributed by atoms with Crippen molar-refractivity contribution in [3.05, 3.63) is 89.2 Å². The lowest BCUT2D eigenvalue weighted by Gasteiger charge is -2.12. The highest BCUT2D eigenvalue weighted by molar-refractivity contribution is 5.75. The van der Waals surface area contributed by atoms with Crippen LogP contribution in [0, 0.1) is 13.8 Å². The van der Waals surface area contributed by atoms with Gasteiger partial charge in [0.15, 0.2) is 0 Å². The van der Waals surface area contributed by atoms with E-state index >= 15 is 0 Å². The highest BCUT2D eigenvalue weighted by Gasteiger charge is 2.11. The second kappa shape index (κ2) is 9.04. The summed E-state index contributed by atoms with van der Waals surface area (Å²) in [5, 5.41) is 0. The molecule has 154 valence electrons. The molecule has 0 amide bonds. The number of rotatable bonds is 8. The van der Waals surface area contributed by atoms with Crippen molar-refractivity contribution >= 4 is 11.0 Å². The molecule has 0 radical (unpaired) electrons. The number of aromatic nitrogens is 2. The summed E-state index contributed by atoms with van der Waals surface area (Å²) in [5.74, 6) is 2.66. The number of para-hydroxylation sites is 2. The molecule has 0 N–H and O–H groups in total. The topological polar surface area (TPSA) is 36.3 Å². The first-order chi connectivity index (χ1) is 14.6. The average Bonchev–Trinajstić information content (AvgIpc) is 3.13. The minimum atomic E-state index is 0.420. The molecule has 0 bridgehead atoms. The Morgan fingerprint density at radius 3 is 2.37 bits per heavy atom. The van der Waals surface area contributed by atoms with Gasteiger partial charge in [0.05, 0.1) is 17.6 Å². The molecule has 0 atom stereocenters. The molecule has 4 rings (SSSR count). The maximum Gasteiger partial charge on any atom is 0.148 e. The number of imidazole rings is 1. The predicted octanol–water partition coefficient (Wildman–Crippen LogP) is 5.87. The van der Waals surface area contributed by atoms with Crippen LogP contribution in [0.3, 0.4) is 0 Å². The summed E-state index contributed by atoms with van der Waals surface area (Å²) in [4.78, 5) is 4.80. The fourth-order valence-electron chi connectivity index (χ4n) is 3.51. The molecule has 4 aromatic rings. The van der Waals surface area contributed by atoms with Crippen molar-refractivity contribution in [2.45, 2.75) is 40.3 Å². The monoisotopic (exact) mass is 400 g/mol. The highest BCUT2D eigenvalue weighted by Crippen LogP contribution is 2.20. The van der Waals surface area contributed by atoms with Crippen molar-refractivity contribution in [1.82, 2.24) is 9.55 Å². The van der Waals surface area contributed by atoms with Crippen LogP contribution in [0.4, 0.5) is 0 Å². The molecule has 4 heteroatoms. The second-order valence-corrected chi connectivity index (χ2v) is 7.55. The van der Waals surface area contributed by atoms with Gasteiger partial charge in [0.25, 0.3) is 0 Å². The molecule has 0 spiro atoms. The molecule has 0 unspecified atom stereocenters. The zero-order chi connectivity index (χ0) is 20.9. The Bertz CT molecular complexity index is 1130. The van der Waals surface area contributed by atoms with Crippen LogP contribution in [0.5, 0.6) is 11.5 Å². The molecular formula is C26H28N2O2. The average molecular weight is 401 g/mol. The number of fused-ring (bicyclic) bond motifs is 1. The van der Waals surface area contributed by atoms with E-state index in [1.54, 1.807) is 0 Å². The lowest BCUT2D eigenvalue weighted by molar-refractivity contribution is 0.272. The summed E-state index contributed by atoms with van der Waals surface area (Å²) in [5.41, 5.74) is 5.89. The number of ether oxygens (including phenoxy) is 2. The third kappa shape index (κ3) is 4.48. The van der Waals surface area contributed by atoms with Gasteiger partial charge in [0.2, 0.25) is 0 Å². The summed E-state index contributed by atoms with van der Waals surface area (Å²) in [6.07, 6.45) is 1.02. The summed E-state index contributed by atoms with van der Waals surface area (Å²) >= 11 is 0. The zero-order valence-electron chi connectivity index (χ0n) is 17.9. The van der Waals surface area contributed by atoms with E-state index < -0.39 is 0 Å². The van der Waals surface area contributed by atoms with E-state index in [1.165, 1.54) is 16.7 Å². The van der Waals surface area contributed by atoms with Gasteiger partial charge in [0.1, 0.15) is 30.5 Å². The van der Waals surface area contributed by atoms with E-state index in [-0.39, 0.29) is 0 Å². The predicted molar refractivity (Wildman–Crippen MR) is 121 cm³/mol. The summed E-state index contributed by atoms with van der Waals surface area (Å²) in [7, 11) is 0. The van der Waals surface area contributed by atoms with Gasteiger partial charge in [-0.05, 0) is 73.4 Å². The number of benzene rings is 3. The van der Waals surface area contributed by atoms with E-state index in [1.807, 2.05) is 36.4 Å². The van der Waals surface area contributed by atoms with E-state index in [4.69, 9.17) is 14.5 Å². The molecule has 0 saturated carbocycles. The molecule has 30 heavy (non-hydrogen) atoms. The zero-order valence-corrected chi connectivity index (χ0v) is 17.9. The first-order valence-electron chi connectivity index (χ1n) is 10.5. The van der Waals surface area contributed by atoms with Crippen molar-refractivity contribution in [3.8, 4) is 11.5 Å². The van der Waals surface area contributed by atoms with Gasteiger partial charge in [-0.3, -0.25) is 0 Å². The quantitative estimate of drug-likeness (QED) is 0.371. The number of nitrogens with zero attached hydrogens (tertiary/aromatic N) is 2. The van der Waals surface area contributed by atoms with Gasteiger partial charge in [-0.15, -0.1) is 0 Å². The second-order valence-electron chi connectivity index (χ2n) is 7.55. The lowest BCUT2D eigenvalue weighted by Crippen LogP contribution is -2.13. The minimum Gasteiger partial charge on any atom is -0.492 e. The van der Waals surface area contributed by atoms with Crippen LogP contribution in [0.15, 0.2) is 66.7 Å². The van der Waals surface area contributed by atoms with Crippen molar-refractivity contribution in [2.75, 3.05) is 6.61 Å². The smallest absolute Gasteiger partial charge is 0.148 e. The SMILES string of the molecule is CCc1ccc(OCc2nc3ccccc3n2CCOc2ccc(C)c(C)c2)cc1. The standard InChI is InChI=1S/C26H28N2O2/c1-4-21-10-13-22(14-11-21)30-18-26-27-24-7-5-6-8-25(24)28(26)15-16-29-23-12-9-19(2)20(3)17-23/h5-14,17H,4,15-16,18H2,1-3H3. The Kier molecular flexibility index (Phi) is 6.03. The van der Waals surface area contributed by atoms with Crippen LogP contribution in [0.25, 0.3) is 11.0 Å². The largest absolute Gasteiger partial charge is 0.492 e. The molecule has 0 saturated heterocycles. The molecule has 0 fully saturated rings. The van der Waals surface area contributed by atoms with E-state index in [2.05, 4.69) is 55.7 Å². The maximum absolute atomic E-state index is 6.03. The summed E-state index contributed by atoms with van der Waals surface area (Å²) in [6, 6.07) is 22.7. The van der Waals surface area contributed by atoms with Crippen molar-refractivity contribution in [1.29, 1.82) is 0 Å². The summed E-state index contributed by atoms with van der Waals surface area (Å²) < 4.78 is 14.2. The summed E-state index contributed by atoms with van der Waals surface area (Å²) in [6.45, 7) is 8.07. The Labute approximate surface area is 178 Å². The van der Waals surface area contributed by atoms with Crippen LogP contribution in [-0.4, -0.2) is 16.2 Å². The molecule has 0 aliphatic heterocycles. The van der Waals surface area contributed by atoms with Gasteiger partial charge < -0.3 is 14.0 Å². The Morgan fingerprint density at radius 1 is 0.833 bits per heavy atom. The fourth-order valence-corrected chi connectivity index (χ4v) is 3.51. The first-order valence-corrected chi connectivity index (χ1v) is 10.5. The van der Waals surface area contributed by atoms with Gasteiger partial charge in [-0.25, -0.2) is 4.98 Å². The molecule has 0 aliphatic rings. The van der Waals surface area contributed by atoms with Crippen LogP contribution >= 0.6 is 0 Å². The van der Waals surface area contributed by atoms with Crippen LogP contribution in [-0.2, 0) is 19.6 Å². The number of hydrogen-bond acceptors (Lipinski definition) is 3. The highest BCUT2D eigenvalue weighted by atomic mass is 16.5. The van der Waals surface area contributed by atoms with Gasteiger partial charge in [-0.2, -0.15) is 0 Å². The van der Waals surface area contributed by atoms with Gasteiger partial charge >= 0.3 is 0 Å². The van der Waals surface area contributed by atoms with E-state index in [9.17, 15) is 0 Å². The maximum atomic E-state index is 6.03. The van der Waals surface area contributed by atoms with Gasteiger partial charge in [0, 0.05) is 0 Å². The van der Waals surface area contributed by atoms with E-state index in [0.29, 0.717) is 19.8 Å². The third-order valence-corrected chi connectivity index (χ3v) is 5.50. The minimum absolute atomic E-state index is 0.420. The fraction of sp³-hybridized carbons (Fsp3) is 0.269. The Hall–Kier alpha value is -3.27. The van der Waals surface area contributed by atoms with Crippen molar-refractivity contribution in [3.63, 3.8) is 0 Å². The van der Waals surface area contributed by atoms with Crippen LogP contribution < -0.4 is 9.47 Å². The molecule has 3 aromatic carbocycles. The molecule has 1 aromatic heterocycles. The molecular weight excluding hydrogens is 372 g/mol. The van der Waals surface area contributed by atoms with E-state index in [0.717, 1.165) is 34.8 Å². The number of aryl methyl sites for hydroxylation is 3. The molecule has 0 aliphatic carbocycles. The van der Waals surface area contributed by atoms with Crippen molar-refractivity contribution < 1.29 is 9.47 Å². The van der Waals surface area contributed by atoms with Gasteiger partial charge in [-0.1, -0.05) is 37.3 Å². The van der Waals surface area contributed by atoms with Crippen LogP contribution in [0.1, 0.15) is 29.4 Å². The Balaban J connectivity index is 1.48.